The number of aromatic nitrogens is 2. The highest BCUT2D eigenvalue weighted by molar-refractivity contribution is 7.99. The van der Waals surface area contributed by atoms with Crippen molar-refractivity contribution < 1.29 is 4.79 Å². The van der Waals surface area contributed by atoms with E-state index in [1.165, 1.54) is 11.8 Å². The summed E-state index contributed by atoms with van der Waals surface area (Å²) in [5, 5.41) is 3.99. The maximum absolute atomic E-state index is 13.2. The molecule has 150 valence electrons. The minimum atomic E-state index is -0.149. The van der Waals surface area contributed by atoms with Crippen LogP contribution in [0.3, 0.4) is 0 Å². The molecule has 3 aromatic carbocycles. The van der Waals surface area contributed by atoms with Crippen LogP contribution in [0.25, 0.3) is 16.6 Å². The molecular weight excluding hydrogens is 394 g/mol. The molecule has 1 N–H and O–H groups in total. The van der Waals surface area contributed by atoms with Crippen LogP contribution in [0.15, 0.2) is 82.7 Å². The van der Waals surface area contributed by atoms with E-state index in [1.54, 1.807) is 10.6 Å². The van der Waals surface area contributed by atoms with E-state index in [4.69, 9.17) is 0 Å². The third-order valence-corrected chi connectivity index (χ3v) is 5.91. The van der Waals surface area contributed by atoms with Gasteiger partial charge in [-0.25, -0.2) is 4.98 Å². The lowest BCUT2D eigenvalue weighted by atomic mass is 10.1. The van der Waals surface area contributed by atoms with Gasteiger partial charge in [-0.3, -0.25) is 14.2 Å². The van der Waals surface area contributed by atoms with Crippen molar-refractivity contribution in [3.63, 3.8) is 0 Å². The lowest BCUT2D eigenvalue weighted by Gasteiger charge is -2.14. The number of hydrogen-bond acceptors (Lipinski definition) is 4. The van der Waals surface area contributed by atoms with E-state index in [0.29, 0.717) is 16.1 Å². The maximum atomic E-state index is 13.2. The summed E-state index contributed by atoms with van der Waals surface area (Å²) in [7, 11) is 0. The topological polar surface area (TPSA) is 64.0 Å². The number of amides is 1. The summed E-state index contributed by atoms with van der Waals surface area (Å²) in [6.07, 6.45) is 0. The van der Waals surface area contributed by atoms with Crippen molar-refractivity contribution in [2.75, 3.05) is 11.1 Å². The third-order valence-electron chi connectivity index (χ3n) is 4.97. The highest BCUT2D eigenvalue weighted by Crippen LogP contribution is 2.23. The Morgan fingerprint density at radius 3 is 2.50 bits per heavy atom. The van der Waals surface area contributed by atoms with Crippen molar-refractivity contribution >= 4 is 34.3 Å². The Balaban J connectivity index is 1.66. The minimum absolute atomic E-state index is 0.143. The molecule has 0 saturated heterocycles. The maximum Gasteiger partial charge on any atom is 0.266 e. The summed E-state index contributed by atoms with van der Waals surface area (Å²) < 4.78 is 1.57. The standard InChI is InChI=1S/C24H21N3O2S/c1-16-9-8-14-20(17(16)2)25-22(28)15-30-24-26-21-13-7-6-12-19(21)23(29)27(24)18-10-4-3-5-11-18/h3-14H,15H2,1-2H3,(H,25,28). The summed E-state index contributed by atoms with van der Waals surface area (Å²) >= 11 is 1.25. The normalized spacial score (nSPS) is 10.9. The molecule has 0 radical (unpaired) electrons. The van der Waals surface area contributed by atoms with Crippen molar-refractivity contribution in [1.29, 1.82) is 0 Å². The van der Waals surface area contributed by atoms with Gasteiger partial charge in [0.2, 0.25) is 5.91 Å². The largest absolute Gasteiger partial charge is 0.325 e. The zero-order valence-electron chi connectivity index (χ0n) is 16.8. The van der Waals surface area contributed by atoms with Gasteiger partial charge in [0.1, 0.15) is 0 Å². The molecule has 5 nitrogen and oxygen atoms in total. The zero-order valence-corrected chi connectivity index (χ0v) is 17.6. The molecule has 1 aromatic heterocycles. The molecule has 30 heavy (non-hydrogen) atoms. The lowest BCUT2D eigenvalue weighted by Crippen LogP contribution is -2.23. The summed E-state index contributed by atoms with van der Waals surface area (Å²) in [5.74, 6) is 0.000992. The quantitative estimate of drug-likeness (QED) is 0.378. The Morgan fingerprint density at radius 1 is 0.967 bits per heavy atom. The number of carbonyl (C=O) groups excluding carboxylic acids is 1. The molecule has 0 aliphatic rings. The van der Waals surface area contributed by atoms with Crippen LogP contribution in [0.1, 0.15) is 11.1 Å². The number of carbonyl (C=O) groups is 1. The Bertz CT molecular complexity index is 1280. The van der Waals surface area contributed by atoms with Crippen molar-refractivity contribution in [2.45, 2.75) is 19.0 Å². The number of nitrogens with zero attached hydrogens (tertiary/aromatic N) is 2. The van der Waals surface area contributed by atoms with Crippen LogP contribution in [-0.2, 0) is 4.79 Å². The average Bonchev–Trinajstić information content (AvgIpc) is 2.76. The zero-order chi connectivity index (χ0) is 21.1. The van der Waals surface area contributed by atoms with Crippen LogP contribution >= 0.6 is 11.8 Å². The van der Waals surface area contributed by atoms with E-state index >= 15 is 0 Å². The summed E-state index contributed by atoms with van der Waals surface area (Å²) in [6.45, 7) is 3.99. The molecule has 0 spiro atoms. The Labute approximate surface area is 178 Å². The Hall–Kier alpha value is -3.38. The van der Waals surface area contributed by atoms with Gasteiger partial charge in [0, 0.05) is 5.69 Å². The number of nitrogens with one attached hydrogen (secondary N) is 1. The number of para-hydroxylation sites is 2. The molecule has 1 heterocycles. The van der Waals surface area contributed by atoms with Gasteiger partial charge >= 0.3 is 0 Å². The predicted molar refractivity (Wildman–Crippen MR) is 123 cm³/mol. The van der Waals surface area contributed by atoms with Crippen LogP contribution < -0.4 is 10.9 Å². The molecule has 4 rings (SSSR count). The van der Waals surface area contributed by atoms with Gasteiger partial charge in [0.05, 0.1) is 22.3 Å². The molecule has 0 bridgehead atoms. The number of thioether (sulfide) groups is 1. The number of aryl methyl sites for hydroxylation is 1. The highest BCUT2D eigenvalue weighted by Gasteiger charge is 2.15. The van der Waals surface area contributed by atoms with Gasteiger partial charge < -0.3 is 5.32 Å². The van der Waals surface area contributed by atoms with E-state index < -0.39 is 0 Å². The van der Waals surface area contributed by atoms with Crippen LogP contribution in [0.4, 0.5) is 5.69 Å². The molecule has 1 amide bonds. The van der Waals surface area contributed by atoms with E-state index in [2.05, 4.69) is 10.3 Å². The number of hydrogen-bond donors (Lipinski definition) is 1. The number of fused-ring (bicyclic) bond motifs is 1. The Kier molecular flexibility index (Phi) is 5.68. The van der Waals surface area contributed by atoms with E-state index in [-0.39, 0.29) is 17.2 Å². The molecule has 0 atom stereocenters. The monoisotopic (exact) mass is 415 g/mol. The summed E-state index contributed by atoms with van der Waals surface area (Å²) in [4.78, 5) is 30.4. The van der Waals surface area contributed by atoms with Crippen molar-refractivity contribution in [3.8, 4) is 5.69 Å². The van der Waals surface area contributed by atoms with Gasteiger partial charge in [-0.1, -0.05) is 54.2 Å². The van der Waals surface area contributed by atoms with Crippen LogP contribution in [-0.4, -0.2) is 21.2 Å². The molecular formula is C24H21N3O2S. The minimum Gasteiger partial charge on any atom is -0.325 e. The Morgan fingerprint density at radius 2 is 1.70 bits per heavy atom. The fraction of sp³-hybridized carbons (Fsp3) is 0.125. The third kappa shape index (κ3) is 4.00. The SMILES string of the molecule is Cc1cccc(NC(=O)CSc2nc3ccccc3c(=O)n2-c2ccccc2)c1C. The molecule has 0 aliphatic heterocycles. The first kappa shape index (κ1) is 19.9. The average molecular weight is 416 g/mol. The lowest BCUT2D eigenvalue weighted by molar-refractivity contribution is -0.113. The van der Waals surface area contributed by atoms with Crippen LogP contribution in [0, 0.1) is 13.8 Å². The van der Waals surface area contributed by atoms with E-state index in [1.807, 2.05) is 80.6 Å². The molecule has 0 saturated carbocycles. The second-order valence-electron chi connectivity index (χ2n) is 6.97. The summed E-state index contributed by atoms with van der Waals surface area (Å²) in [5.41, 5.74) is 4.15. The van der Waals surface area contributed by atoms with Gasteiger partial charge in [-0.05, 0) is 55.3 Å². The van der Waals surface area contributed by atoms with Gasteiger partial charge in [-0.2, -0.15) is 0 Å². The van der Waals surface area contributed by atoms with Crippen molar-refractivity contribution in [3.05, 3.63) is 94.3 Å². The van der Waals surface area contributed by atoms with Crippen LogP contribution in [0.2, 0.25) is 0 Å². The molecule has 0 unspecified atom stereocenters. The molecule has 0 aliphatic carbocycles. The van der Waals surface area contributed by atoms with Gasteiger partial charge in [0.15, 0.2) is 5.16 Å². The molecule has 0 fully saturated rings. The molecule has 6 heteroatoms. The number of rotatable bonds is 5. The smallest absolute Gasteiger partial charge is 0.266 e. The van der Waals surface area contributed by atoms with E-state index in [0.717, 1.165) is 22.5 Å². The highest BCUT2D eigenvalue weighted by atomic mass is 32.2. The number of anilines is 1. The fourth-order valence-corrected chi connectivity index (χ4v) is 4.03. The first-order chi connectivity index (χ1) is 14.5. The number of benzene rings is 3. The van der Waals surface area contributed by atoms with Crippen LogP contribution in [0.5, 0.6) is 0 Å². The van der Waals surface area contributed by atoms with Gasteiger partial charge in [-0.15, -0.1) is 0 Å². The second-order valence-corrected chi connectivity index (χ2v) is 7.91. The predicted octanol–water partition coefficient (Wildman–Crippen LogP) is 4.73. The fourth-order valence-electron chi connectivity index (χ4n) is 3.22. The summed E-state index contributed by atoms with van der Waals surface area (Å²) in [6, 6.07) is 22.4. The van der Waals surface area contributed by atoms with Gasteiger partial charge in [0.25, 0.3) is 5.56 Å². The second kappa shape index (κ2) is 8.55. The van der Waals surface area contributed by atoms with Crippen molar-refractivity contribution in [1.82, 2.24) is 9.55 Å². The van der Waals surface area contributed by atoms with E-state index in [9.17, 15) is 9.59 Å². The first-order valence-corrected chi connectivity index (χ1v) is 10.6. The molecule has 4 aromatic rings. The van der Waals surface area contributed by atoms with Crippen molar-refractivity contribution in [2.24, 2.45) is 0 Å². The first-order valence-electron chi connectivity index (χ1n) is 9.60.